The molecule has 8 heteroatoms. The summed E-state index contributed by atoms with van der Waals surface area (Å²) < 4.78 is 1.92. The Hall–Kier alpha value is -2.09. The van der Waals surface area contributed by atoms with Crippen molar-refractivity contribution in [1.29, 1.82) is 0 Å². The van der Waals surface area contributed by atoms with Gasteiger partial charge in [0.2, 0.25) is 5.91 Å². The number of nitrogens with zero attached hydrogens (tertiary/aromatic N) is 6. The van der Waals surface area contributed by atoms with Crippen LogP contribution in [0, 0.1) is 13.8 Å². The van der Waals surface area contributed by atoms with Gasteiger partial charge in [0.25, 0.3) is 0 Å². The molecule has 156 valence electrons. The highest BCUT2D eigenvalue weighted by Gasteiger charge is 2.24. The lowest BCUT2D eigenvalue weighted by molar-refractivity contribution is -0.131. The fourth-order valence-corrected chi connectivity index (χ4v) is 4.00. The van der Waals surface area contributed by atoms with Crippen molar-refractivity contribution in [2.45, 2.75) is 40.2 Å². The number of likely N-dealkylation sites (tertiary alicyclic amines) is 1. The summed E-state index contributed by atoms with van der Waals surface area (Å²) >= 11 is 0. The van der Waals surface area contributed by atoms with E-state index in [1.165, 1.54) is 11.3 Å². The van der Waals surface area contributed by atoms with Gasteiger partial charge in [-0.25, -0.2) is 4.99 Å². The van der Waals surface area contributed by atoms with Crippen LogP contribution in [0.3, 0.4) is 0 Å². The number of amides is 1. The summed E-state index contributed by atoms with van der Waals surface area (Å²) in [5, 5.41) is 7.91. The molecule has 0 saturated carbocycles. The number of hydrogen-bond acceptors (Lipinski definition) is 4. The van der Waals surface area contributed by atoms with Gasteiger partial charge in [0.15, 0.2) is 5.96 Å². The topological polar surface area (TPSA) is 69.0 Å². The highest BCUT2D eigenvalue weighted by atomic mass is 16.2. The minimum absolute atomic E-state index is 0.286. The summed E-state index contributed by atoms with van der Waals surface area (Å²) in [6.45, 7) is 13.7. The average molecular weight is 390 g/mol. The molecule has 2 aliphatic heterocycles. The number of nitrogens with one attached hydrogen (secondary N) is 1. The fraction of sp³-hybridized carbons (Fsp3) is 0.750. The van der Waals surface area contributed by atoms with Gasteiger partial charge >= 0.3 is 0 Å². The summed E-state index contributed by atoms with van der Waals surface area (Å²) in [6.07, 6.45) is 2.30. The van der Waals surface area contributed by atoms with E-state index in [1.54, 1.807) is 0 Å². The molecule has 0 unspecified atom stereocenters. The average Bonchev–Trinajstić information content (AvgIpc) is 3.30. The second-order valence-electron chi connectivity index (χ2n) is 7.79. The van der Waals surface area contributed by atoms with E-state index in [9.17, 15) is 4.79 Å². The SMILES string of the molecule is CCNC(=NCc1c(C)nn(C)c1C)N1CCN(CC(=O)N2CCCC2)CC1. The van der Waals surface area contributed by atoms with Crippen molar-refractivity contribution < 1.29 is 4.79 Å². The number of carbonyl (C=O) groups is 1. The third kappa shape index (κ3) is 4.84. The fourth-order valence-electron chi connectivity index (χ4n) is 4.00. The van der Waals surface area contributed by atoms with E-state index in [4.69, 9.17) is 4.99 Å². The molecule has 2 saturated heterocycles. The molecular weight excluding hydrogens is 354 g/mol. The molecule has 1 N–H and O–H groups in total. The molecule has 0 aromatic carbocycles. The molecule has 0 spiro atoms. The zero-order chi connectivity index (χ0) is 20.1. The monoisotopic (exact) mass is 389 g/mol. The number of guanidine groups is 1. The summed E-state index contributed by atoms with van der Waals surface area (Å²) in [5.74, 6) is 1.24. The second kappa shape index (κ2) is 9.41. The van der Waals surface area contributed by atoms with Crippen LogP contribution in [0.25, 0.3) is 0 Å². The van der Waals surface area contributed by atoms with Crippen LogP contribution in [0.15, 0.2) is 4.99 Å². The first-order valence-electron chi connectivity index (χ1n) is 10.5. The van der Waals surface area contributed by atoms with E-state index in [2.05, 4.69) is 34.1 Å². The smallest absolute Gasteiger partial charge is 0.236 e. The number of rotatable bonds is 5. The van der Waals surface area contributed by atoms with Crippen LogP contribution in [-0.2, 0) is 18.4 Å². The van der Waals surface area contributed by atoms with Crippen molar-refractivity contribution in [3.8, 4) is 0 Å². The minimum Gasteiger partial charge on any atom is -0.357 e. The van der Waals surface area contributed by atoms with E-state index < -0.39 is 0 Å². The largest absolute Gasteiger partial charge is 0.357 e. The molecule has 0 radical (unpaired) electrons. The quantitative estimate of drug-likeness (QED) is 0.594. The number of carbonyl (C=O) groups excluding carboxylic acids is 1. The molecule has 2 fully saturated rings. The number of piperazine rings is 1. The Kier molecular flexibility index (Phi) is 6.93. The molecule has 8 nitrogen and oxygen atoms in total. The Balaban J connectivity index is 1.55. The second-order valence-corrected chi connectivity index (χ2v) is 7.79. The first-order chi connectivity index (χ1) is 13.5. The Morgan fingerprint density at radius 2 is 1.75 bits per heavy atom. The van der Waals surface area contributed by atoms with Gasteiger partial charge in [0, 0.05) is 64.1 Å². The Morgan fingerprint density at radius 1 is 1.07 bits per heavy atom. The first-order valence-corrected chi connectivity index (χ1v) is 10.5. The molecule has 3 heterocycles. The molecule has 1 aromatic rings. The lowest BCUT2D eigenvalue weighted by atomic mass is 10.2. The zero-order valence-corrected chi connectivity index (χ0v) is 17.9. The number of hydrogen-bond donors (Lipinski definition) is 1. The van der Waals surface area contributed by atoms with Gasteiger partial charge in [0.1, 0.15) is 0 Å². The van der Waals surface area contributed by atoms with Crippen molar-refractivity contribution in [3.63, 3.8) is 0 Å². The molecule has 0 atom stereocenters. The molecule has 0 bridgehead atoms. The number of aliphatic imine (C=N–C) groups is 1. The van der Waals surface area contributed by atoms with E-state index in [-0.39, 0.29) is 5.91 Å². The number of aryl methyl sites for hydroxylation is 2. The third-order valence-corrected chi connectivity index (χ3v) is 5.87. The highest BCUT2D eigenvalue weighted by molar-refractivity contribution is 5.80. The highest BCUT2D eigenvalue weighted by Crippen LogP contribution is 2.14. The summed E-state index contributed by atoms with van der Waals surface area (Å²) in [6, 6.07) is 0. The zero-order valence-electron chi connectivity index (χ0n) is 17.9. The molecule has 28 heavy (non-hydrogen) atoms. The maximum absolute atomic E-state index is 12.4. The minimum atomic E-state index is 0.286. The number of aromatic nitrogens is 2. The van der Waals surface area contributed by atoms with Gasteiger partial charge in [-0.05, 0) is 33.6 Å². The van der Waals surface area contributed by atoms with Gasteiger partial charge < -0.3 is 15.1 Å². The molecule has 0 aliphatic carbocycles. The lowest BCUT2D eigenvalue weighted by Gasteiger charge is -2.36. The van der Waals surface area contributed by atoms with Crippen molar-refractivity contribution in [2.75, 3.05) is 52.4 Å². The van der Waals surface area contributed by atoms with Gasteiger partial charge in [-0.3, -0.25) is 14.4 Å². The molecule has 1 aromatic heterocycles. The van der Waals surface area contributed by atoms with Crippen LogP contribution < -0.4 is 5.32 Å². The molecule has 2 aliphatic rings. The van der Waals surface area contributed by atoms with E-state index in [0.717, 1.165) is 70.3 Å². The van der Waals surface area contributed by atoms with Crippen LogP contribution in [0.2, 0.25) is 0 Å². The lowest BCUT2D eigenvalue weighted by Crippen LogP contribution is -2.54. The van der Waals surface area contributed by atoms with Gasteiger partial charge in [-0.1, -0.05) is 0 Å². The van der Waals surface area contributed by atoms with Crippen molar-refractivity contribution in [3.05, 3.63) is 17.0 Å². The summed E-state index contributed by atoms with van der Waals surface area (Å²) in [5.41, 5.74) is 3.42. The van der Waals surface area contributed by atoms with Gasteiger partial charge in [0.05, 0.1) is 18.8 Å². The first kappa shape index (κ1) is 20.6. The molecule has 1 amide bonds. The van der Waals surface area contributed by atoms with Crippen molar-refractivity contribution in [1.82, 2.24) is 29.8 Å². The van der Waals surface area contributed by atoms with Crippen LogP contribution in [-0.4, -0.2) is 88.7 Å². The Labute approximate surface area is 168 Å². The maximum atomic E-state index is 12.4. The summed E-state index contributed by atoms with van der Waals surface area (Å²) in [4.78, 5) is 23.9. The van der Waals surface area contributed by atoms with Gasteiger partial charge in [-0.15, -0.1) is 0 Å². The van der Waals surface area contributed by atoms with E-state index in [0.29, 0.717) is 13.1 Å². The van der Waals surface area contributed by atoms with Crippen LogP contribution in [0.1, 0.15) is 36.7 Å². The maximum Gasteiger partial charge on any atom is 0.236 e. The Bertz CT molecular complexity index is 698. The van der Waals surface area contributed by atoms with E-state index >= 15 is 0 Å². The molecular formula is C20H35N7O. The predicted molar refractivity (Wildman–Crippen MR) is 111 cm³/mol. The standard InChI is InChI=1S/C20H35N7O/c1-5-21-20(22-14-18-16(2)23-24(4)17(18)3)27-12-10-25(11-13-27)15-19(28)26-8-6-7-9-26/h5-15H2,1-4H3,(H,21,22). The summed E-state index contributed by atoms with van der Waals surface area (Å²) in [7, 11) is 1.98. The predicted octanol–water partition coefficient (Wildman–Crippen LogP) is 0.742. The molecule has 3 rings (SSSR count). The van der Waals surface area contributed by atoms with Crippen molar-refractivity contribution in [2.24, 2.45) is 12.0 Å². The van der Waals surface area contributed by atoms with Crippen LogP contribution in [0.5, 0.6) is 0 Å². The van der Waals surface area contributed by atoms with Crippen molar-refractivity contribution >= 4 is 11.9 Å². The van der Waals surface area contributed by atoms with Gasteiger partial charge in [-0.2, -0.15) is 5.10 Å². The van der Waals surface area contributed by atoms with Crippen LogP contribution in [0.4, 0.5) is 0 Å². The van der Waals surface area contributed by atoms with Crippen LogP contribution >= 0.6 is 0 Å². The Morgan fingerprint density at radius 3 is 2.32 bits per heavy atom. The normalized spacial score (nSPS) is 18.8. The van der Waals surface area contributed by atoms with E-state index in [1.807, 2.05) is 23.6 Å². The third-order valence-electron chi connectivity index (χ3n) is 5.87.